The fraction of sp³-hybridized carbons (Fsp3) is 0.676. The van der Waals surface area contributed by atoms with Gasteiger partial charge in [0.05, 0.1) is 17.9 Å². The zero-order valence-electron chi connectivity index (χ0n) is 25.9. The molecule has 2 bridgehead atoms. The van der Waals surface area contributed by atoms with Gasteiger partial charge in [0.25, 0.3) is 0 Å². The summed E-state index contributed by atoms with van der Waals surface area (Å²) < 4.78 is 6.53. The number of amides is 3. The van der Waals surface area contributed by atoms with Gasteiger partial charge >= 0.3 is 0 Å². The molecule has 1 spiro atoms. The normalized spacial score (nSPS) is 28.6. The molecule has 5 atom stereocenters. The molecule has 42 heavy (non-hydrogen) atoms. The zero-order valence-corrected chi connectivity index (χ0v) is 25.9. The van der Waals surface area contributed by atoms with Gasteiger partial charge in [-0.3, -0.25) is 14.4 Å². The molecule has 0 aromatic heterocycles. The zero-order chi connectivity index (χ0) is 29.9. The van der Waals surface area contributed by atoms with E-state index in [1.165, 1.54) is 12.0 Å². The summed E-state index contributed by atoms with van der Waals surface area (Å²) in [7, 11) is 0. The summed E-state index contributed by atoms with van der Waals surface area (Å²) in [6.45, 7) is 12.0. The van der Waals surface area contributed by atoms with E-state index >= 15 is 0 Å². The molecule has 0 radical (unpaired) electrons. The van der Waals surface area contributed by atoms with Crippen molar-refractivity contribution in [1.82, 2.24) is 15.1 Å². The maximum Gasteiger partial charge on any atom is 0.246 e. The summed E-state index contributed by atoms with van der Waals surface area (Å²) in [6.07, 6.45) is 11.6. The van der Waals surface area contributed by atoms with Crippen LogP contribution in [0.1, 0.15) is 90.5 Å². The molecule has 0 unspecified atom stereocenters. The molecule has 4 aliphatic rings. The van der Waals surface area contributed by atoms with Crippen LogP contribution in [-0.2, 0) is 19.1 Å². The van der Waals surface area contributed by atoms with Gasteiger partial charge in [0.2, 0.25) is 17.7 Å². The first-order chi connectivity index (χ1) is 20.3. The molecular weight excluding hydrogens is 528 g/mol. The van der Waals surface area contributed by atoms with E-state index in [-0.39, 0.29) is 23.8 Å². The van der Waals surface area contributed by atoms with Crippen LogP contribution in [0.4, 0.5) is 5.69 Å². The largest absolute Gasteiger partial charge is 0.359 e. The predicted octanol–water partition coefficient (Wildman–Crippen LogP) is 4.86. The van der Waals surface area contributed by atoms with Crippen molar-refractivity contribution in [1.29, 1.82) is 0 Å². The lowest BCUT2D eigenvalue weighted by Crippen LogP contribution is -2.56. The number of anilines is 1. The van der Waals surface area contributed by atoms with Crippen molar-refractivity contribution in [2.45, 2.75) is 109 Å². The molecule has 1 aromatic rings. The minimum absolute atomic E-state index is 0.124. The van der Waals surface area contributed by atoms with Crippen LogP contribution in [0.3, 0.4) is 0 Å². The predicted molar refractivity (Wildman–Crippen MR) is 165 cm³/mol. The highest BCUT2D eigenvalue weighted by Crippen LogP contribution is 2.55. The number of hydrogen-bond donors (Lipinski definition) is 2. The number of benzene rings is 1. The lowest BCUT2D eigenvalue weighted by atomic mass is 9.74. The van der Waals surface area contributed by atoms with Crippen molar-refractivity contribution in [3.05, 3.63) is 42.0 Å². The first-order valence-corrected chi connectivity index (χ1v) is 16.4. The summed E-state index contributed by atoms with van der Waals surface area (Å²) >= 11 is 0. The standard InChI is InChI=1S/C34H50N4O4/c1-5-19-37(20-6-2)21-10-22-38-30(32(40)36-25-11-8-7-9-12-25)34-18-17-27(42-34)28(29(34)33(38)41)31(39)35-26-15-13-24(14-16-26)23(3)4/h13-18,23,25,27-30H,5-12,19-22H2,1-4H3,(H,35,39)(H,36,40)/t27-,28-,29-,30-,34+/m1/s1. The molecule has 3 amide bonds. The second-order valence-corrected chi connectivity index (χ2v) is 13.0. The number of likely N-dealkylation sites (tertiary alicyclic amines) is 1. The van der Waals surface area contributed by atoms with E-state index in [2.05, 4.69) is 43.2 Å². The van der Waals surface area contributed by atoms with Crippen LogP contribution < -0.4 is 10.6 Å². The van der Waals surface area contributed by atoms with Gasteiger partial charge in [-0.1, -0.05) is 71.2 Å². The molecule has 3 heterocycles. The Morgan fingerprint density at radius 2 is 1.71 bits per heavy atom. The first kappa shape index (κ1) is 30.7. The Kier molecular flexibility index (Phi) is 9.73. The van der Waals surface area contributed by atoms with Crippen molar-refractivity contribution in [3.8, 4) is 0 Å². The van der Waals surface area contributed by atoms with Crippen LogP contribution in [0, 0.1) is 11.8 Å². The molecule has 8 heteroatoms. The first-order valence-electron chi connectivity index (χ1n) is 16.4. The van der Waals surface area contributed by atoms with Gasteiger partial charge in [0, 0.05) is 18.3 Å². The fourth-order valence-electron chi connectivity index (χ4n) is 7.64. The minimum atomic E-state index is -1.11. The smallest absolute Gasteiger partial charge is 0.246 e. The van der Waals surface area contributed by atoms with Crippen LogP contribution >= 0.6 is 0 Å². The topological polar surface area (TPSA) is 91.0 Å². The molecule has 230 valence electrons. The molecule has 3 aliphatic heterocycles. The van der Waals surface area contributed by atoms with Gasteiger partial charge < -0.3 is 25.2 Å². The Hall–Kier alpha value is -2.71. The number of fused-ring (bicyclic) bond motifs is 1. The molecule has 8 nitrogen and oxygen atoms in total. The number of carbonyl (C=O) groups excluding carboxylic acids is 3. The summed E-state index contributed by atoms with van der Waals surface area (Å²) in [6, 6.07) is 7.22. The highest BCUT2D eigenvalue weighted by atomic mass is 16.5. The van der Waals surface area contributed by atoms with Gasteiger partial charge in [-0.05, 0) is 75.4 Å². The van der Waals surface area contributed by atoms with Crippen LogP contribution in [0.15, 0.2) is 36.4 Å². The number of carbonyl (C=O) groups is 3. The van der Waals surface area contributed by atoms with E-state index in [0.29, 0.717) is 18.2 Å². The molecular formula is C34H50N4O4. The van der Waals surface area contributed by atoms with Crippen molar-refractivity contribution < 1.29 is 19.1 Å². The van der Waals surface area contributed by atoms with E-state index in [9.17, 15) is 14.4 Å². The van der Waals surface area contributed by atoms with Crippen LogP contribution in [-0.4, -0.2) is 77.5 Å². The lowest BCUT2D eigenvalue weighted by molar-refractivity contribution is -0.141. The quantitative estimate of drug-likeness (QED) is 0.326. The van der Waals surface area contributed by atoms with Gasteiger partial charge in [0.15, 0.2) is 0 Å². The van der Waals surface area contributed by atoms with E-state index in [1.807, 2.05) is 36.4 Å². The number of nitrogens with zero attached hydrogens (tertiary/aromatic N) is 2. The Bertz CT molecular complexity index is 1140. The van der Waals surface area contributed by atoms with Crippen molar-refractivity contribution in [2.75, 3.05) is 31.5 Å². The molecule has 2 N–H and O–H groups in total. The van der Waals surface area contributed by atoms with Gasteiger partial charge in [-0.15, -0.1) is 0 Å². The average Bonchev–Trinajstić information content (AvgIpc) is 3.61. The maximum absolute atomic E-state index is 14.2. The van der Waals surface area contributed by atoms with Gasteiger partial charge in [-0.2, -0.15) is 0 Å². The van der Waals surface area contributed by atoms with E-state index < -0.39 is 29.6 Å². The molecule has 5 rings (SSSR count). The van der Waals surface area contributed by atoms with Crippen LogP contribution in [0.25, 0.3) is 0 Å². The summed E-state index contributed by atoms with van der Waals surface area (Å²) in [5.41, 5.74) is 0.783. The average molecular weight is 579 g/mol. The summed E-state index contributed by atoms with van der Waals surface area (Å²) in [5, 5.41) is 6.33. The third kappa shape index (κ3) is 6.02. The molecule has 3 fully saturated rings. The van der Waals surface area contributed by atoms with Crippen LogP contribution in [0.2, 0.25) is 0 Å². The number of nitrogens with one attached hydrogen (secondary N) is 2. The Labute approximate surface area is 251 Å². The molecule has 2 saturated heterocycles. The Balaban J connectivity index is 1.37. The van der Waals surface area contributed by atoms with Crippen molar-refractivity contribution in [3.63, 3.8) is 0 Å². The van der Waals surface area contributed by atoms with E-state index in [4.69, 9.17) is 4.74 Å². The number of ether oxygens (including phenoxy) is 1. The second kappa shape index (κ2) is 13.3. The van der Waals surface area contributed by atoms with Crippen molar-refractivity contribution >= 4 is 23.4 Å². The monoisotopic (exact) mass is 578 g/mol. The maximum atomic E-state index is 14.2. The van der Waals surface area contributed by atoms with Gasteiger partial charge in [-0.25, -0.2) is 0 Å². The minimum Gasteiger partial charge on any atom is -0.359 e. The third-order valence-corrected chi connectivity index (χ3v) is 9.67. The summed E-state index contributed by atoms with van der Waals surface area (Å²) in [4.78, 5) is 46.2. The summed E-state index contributed by atoms with van der Waals surface area (Å²) in [5.74, 6) is -1.52. The van der Waals surface area contributed by atoms with Crippen molar-refractivity contribution in [2.24, 2.45) is 11.8 Å². The lowest BCUT2D eigenvalue weighted by Gasteiger charge is -2.34. The van der Waals surface area contributed by atoms with Crippen LogP contribution in [0.5, 0.6) is 0 Å². The number of hydrogen-bond acceptors (Lipinski definition) is 5. The van der Waals surface area contributed by atoms with Gasteiger partial charge in [0.1, 0.15) is 11.6 Å². The van der Waals surface area contributed by atoms with E-state index in [1.54, 1.807) is 4.90 Å². The fourth-order valence-corrected chi connectivity index (χ4v) is 7.64. The Morgan fingerprint density at radius 3 is 2.36 bits per heavy atom. The highest BCUT2D eigenvalue weighted by molar-refractivity contribution is 6.02. The highest BCUT2D eigenvalue weighted by Gasteiger charge is 2.72. The molecule has 1 aromatic carbocycles. The third-order valence-electron chi connectivity index (χ3n) is 9.67. The molecule has 1 aliphatic carbocycles. The SMILES string of the molecule is CCCN(CCC)CCCN1C(=O)[C@H]2[C@H](C(=O)Nc3ccc(C(C)C)cc3)[C@H]3C=C[C@@]2(O3)[C@H]1C(=O)NC1CCCCC1. The molecule has 1 saturated carbocycles. The Morgan fingerprint density at radius 1 is 1.02 bits per heavy atom. The number of rotatable bonds is 13. The van der Waals surface area contributed by atoms with E-state index in [0.717, 1.165) is 64.6 Å². The second-order valence-electron chi connectivity index (χ2n) is 13.0.